The smallest absolute Gasteiger partial charge is 0.160 e. The second kappa shape index (κ2) is 4.26. The molecule has 1 aliphatic heterocycles. The van der Waals surface area contributed by atoms with Crippen LogP contribution in [0.25, 0.3) is 0 Å². The molecule has 0 radical (unpaired) electrons. The zero-order valence-electron chi connectivity index (χ0n) is 10.0. The van der Waals surface area contributed by atoms with Crippen molar-refractivity contribution >= 4 is 0 Å². The molecule has 0 N–H and O–H groups in total. The van der Waals surface area contributed by atoms with Crippen molar-refractivity contribution < 1.29 is 9.47 Å². The summed E-state index contributed by atoms with van der Waals surface area (Å²) < 4.78 is 11.7. The Balaban J connectivity index is 1.92. The summed E-state index contributed by atoms with van der Waals surface area (Å²) in [6.07, 6.45) is 6.83. The molecule has 2 atom stereocenters. The predicted molar refractivity (Wildman–Crippen MR) is 60.5 cm³/mol. The van der Waals surface area contributed by atoms with Gasteiger partial charge in [-0.15, -0.1) is 0 Å². The van der Waals surface area contributed by atoms with Gasteiger partial charge >= 0.3 is 0 Å². The number of rotatable bonds is 1. The second-order valence-corrected chi connectivity index (χ2v) is 5.74. The molecule has 1 aliphatic carbocycles. The normalized spacial score (nSPS) is 36.7. The lowest BCUT2D eigenvalue weighted by atomic mass is 9.83. The van der Waals surface area contributed by atoms with Gasteiger partial charge in [0.05, 0.1) is 13.2 Å². The Morgan fingerprint density at radius 3 is 2.27 bits per heavy atom. The van der Waals surface area contributed by atoms with Crippen molar-refractivity contribution in [1.29, 1.82) is 0 Å². The van der Waals surface area contributed by atoms with Gasteiger partial charge in [0, 0.05) is 11.3 Å². The predicted octanol–water partition coefficient (Wildman–Crippen LogP) is 2.99. The van der Waals surface area contributed by atoms with Crippen LogP contribution in [0.5, 0.6) is 0 Å². The average molecular weight is 210 g/mol. The van der Waals surface area contributed by atoms with Gasteiger partial charge in [0.1, 0.15) is 0 Å². The van der Waals surface area contributed by atoms with Gasteiger partial charge in [0.2, 0.25) is 0 Å². The van der Waals surface area contributed by atoms with Crippen LogP contribution in [0.4, 0.5) is 0 Å². The van der Waals surface area contributed by atoms with Crippen molar-refractivity contribution in [1.82, 2.24) is 0 Å². The molecule has 86 valence electrons. The molecule has 2 heteroatoms. The van der Waals surface area contributed by atoms with Crippen LogP contribution in [0.2, 0.25) is 0 Å². The Kier molecular flexibility index (Phi) is 3.17. The third-order valence-electron chi connectivity index (χ3n) is 3.44. The van der Waals surface area contributed by atoms with Crippen LogP contribution in [0.1, 0.15) is 33.6 Å². The van der Waals surface area contributed by atoms with Gasteiger partial charge in [0.25, 0.3) is 0 Å². The first-order valence-electron chi connectivity index (χ1n) is 5.97. The lowest BCUT2D eigenvalue weighted by Crippen LogP contribution is -2.43. The molecule has 0 aromatic heterocycles. The van der Waals surface area contributed by atoms with Crippen LogP contribution in [0.15, 0.2) is 12.2 Å². The molecule has 0 amide bonds. The zero-order chi connectivity index (χ0) is 10.9. The summed E-state index contributed by atoms with van der Waals surface area (Å²) in [4.78, 5) is 0. The molecule has 0 spiro atoms. The zero-order valence-corrected chi connectivity index (χ0v) is 10.0. The van der Waals surface area contributed by atoms with Gasteiger partial charge in [0.15, 0.2) is 6.29 Å². The van der Waals surface area contributed by atoms with Crippen LogP contribution in [0.3, 0.4) is 0 Å². The maximum atomic E-state index is 5.85. The molecule has 2 nitrogen and oxygen atoms in total. The van der Waals surface area contributed by atoms with E-state index in [4.69, 9.17) is 9.47 Å². The van der Waals surface area contributed by atoms with Gasteiger partial charge < -0.3 is 9.47 Å². The van der Waals surface area contributed by atoms with E-state index in [1.54, 1.807) is 0 Å². The summed E-state index contributed by atoms with van der Waals surface area (Å²) in [5.74, 6) is 1.23. The van der Waals surface area contributed by atoms with Crippen LogP contribution < -0.4 is 0 Å². The quantitative estimate of drug-likeness (QED) is 0.619. The molecule has 0 unspecified atom stereocenters. The summed E-state index contributed by atoms with van der Waals surface area (Å²) in [6.45, 7) is 8.32. The largest absolute Gasteiger partial charge is 0.352 e. The van der Waals surface area contributed by atoms with Crippen LogP contribution in [-0.4, -0.2) is 19.5 Å². The Morgan fingerprint density at radius 2 is 1.67 bits per heavy atom. The topological polar surface area (TPSA) is 18.5 Å². The monoisotopic (exact) mass is 210 g/mol. The Bertz CT molecular complexity index is 235. The molecule has 0 aromatic carbocycles. The summed E-state index contributed by atoms with van der Waals surface area (Å²) in [7, 11) is 0. The fourth-order valence-electron chi connectivity index (χ4n) is 2.30. The van der Waals surface area contributed by atoms with E-state index in [1.807, 2.05) is 0 Å². The number of hydrogen-bond acceptors (Lipinski definition) is 2. The second-order valence-electron chi connectivity index (χ2n) is 5.74. The maximum Gasteiger partial charge on any atom is 0.160 e. The standard InChI is InChI=1S/C13H22O2/c1-10-6-4-5-7-11(10)12-14-8-13(2,3)9-15-12/h4-5,10-12H,6-9H2,1-3H3/t10-,11+/m0/s1. The molecule has 15 heavy (non-hydrogen) atoms. The summed E-state index contributed by atoms with van der Waals surface area (Å²) in [5.41, 5.74) is 0.185. The van der Waals surface area contributed by atoms with E-state index in [0.717, 1.165) is 26.1 Å². The summed E-state index contributed by atoms with van der Waals surface area (Å²) in [6, 6.07) is 0. The lowest BCUT2D eigenvalue weighted by Gasteiger charge is -2.40. The van der Waals surface area contributed by atoms with E-state index in [9.17, 15) is 0 Å². The maximum absolute atomic E-state index is 5.85. The highest BCUT2D eigenvalue weighted by Crippen LogP contribution is 2.34. The van der Waals surface area contributed by atoms with E-state index in [1.165, 1.54) is 0 Å². The molecule has 2 rings (SSSR count). The van der Waals surface area contributed by atoms with Crippen molar-refractivity contribution in [3.05, 3.63) is 12.2 Å². The highest BCUT2D eigenvalue weighted by atomic mass is 16.7. The fourth-order valence-corrected chi connectivity index (χ4v) is 2.30. The SMILES string of the molecule is C[C@H]1CC=CC[C@H]1C1OCC(C)(C)CO1. The first kappa shape index (κ1) is 11.2. The molecular formula is C13H22O2. The highest BCUT2D eigenvalue weighted by molar-refractivity contribution is 4.94. The molecule has 0 bridgehead atoms. The minimum Gasteiger partial charge on any atom is -0.352 e. The van der Waals surface area contributed by atoms with Gasteiger partial charge in [-0.3, -0.25) is 0 Å². The van der Waals surface area contributed by atoms with Crippen molar-refractivity contribution in [3.63, 3.8) is 0 Å². The minimum atomic E-state index is 0.0259. The molecular weight excluding hydrogens is 188 g/mol. The van der Waals surface area contributed by atoms with E-state index in [-0.39, 0.29) is 11.7 Å². The van der Waals surface area contributed by atoms with Crippen molar-refractivity contribution in [3.8, 4) is 0 Å². The molecule has 1 heterocycles. The van der Waals surface area contributed by atoms with Crippen LogP contribution in [-0.2, 0) is 9.47 Å². The van der Waals surface area contributed by atoms with E-state index >= 15 is 0 Å². The Labute approximate surface area is 92.6 Å². The fraction of sp³-hybridized carbons (Fsp3) is 0.846. The van der Waals surface area contributed by atoms with E-state index < -0.39 is 0 Å². The molecule has 0 aromatic rings. The van der Waals surface area contributed by atoms with Crippen molar-refractivity contribution in [2.24, 2.45) is 17.3 Å². The van der Waals surface area contributed by atoms with Crippen LogP contribution in [0, 0.1) is 17.3 Å². The van der Waals surface area contributed by atoms with E-state index in [0.29, 0.717) is 11.8 Å². The lowest BCUT2D eigenvalue weighted by molar-refractivity contribution is -0.249. The average Bonchev–Trinajstić information content (AvgIpc) is 2.19. The summed E-state index contributed by atoms with van der Waals surface area (Å²) >= 11 is 0. The van der Waals surface area contributed by atoms with E-state index in [2.05, 4.69) is 32.9 Å². The third-order valence-corrected chi connectivity index (χ3v) is 3.44. The molecule has 2 aliphatic rings. The minimum absolute atomic E-state index is 0.0259. The number of allylic oxidation sites excluding steroid dienone is 2. The van der Waals surface area contributed by atoms with Gasteiger partial charge in [-0.2, -0.15) is 0 Å². The Morgan fingerprint density at radius 1 is 1.07 bits per heavy atom. The van der Waals surface area contributed by atoms with Gasteiger partial charge in [-0.05, 0) is 18.8 Å². The van der Waals surface area contributed by atoms with Gasteiger partial charge in [-0.1, -0.05) is 32.9 Å². The summed E-state index contributed by atoms with van der Waals surface area (Å²) in [5, 5.41) is 0. The molecule has 1 saturated heterocycles. The number of ether oxygens (including phenoxy) is 2. The molecule has 1 fully saturated rings. The Hall–Kier alpha value is -0.340. The third kappa shape index (κ3) is 2.61. The highest BCUT2D eigenvalue weighted by Gasteiger charge is 2.35. The number of hydrogen-bond donors (Lipinski definition) is 0. The first-order chi connectivity index (χ1) is 7.08. The van der Waals surface area contributed by atoms with Gasteiger partial charge in [-0.25, -0.2) is 0 Å². The first-order valence-corrected chi connectivity index (χ1v) is 5.97. The van der Waals surface area contributed by atoms with Crippen molar-refractivity contribution in [2.45, 2.75) is 39.9 Å². The van der Waals surface area contributed by atoms with Crippen LogP contribution >= 0.6 is 0 Å². The molecule has 0 saturated carbocycles. The van der Waals surface area contributed by atoms with Crippen molar-refractivity contribution in [2.75, 3.05) is 13.2 Å².